The van der Waals surface area contributed by atoms with Crippen molar-refractivity contribution in [3.05, 3.63) is 83.4 Å². The van der Waals surface area contributed by atoms with E-state index in [-0.39, 0.29) is 5.91 Å². The largest absolute Gasteiger partial charge is 0.497 e. The van der Waals surface area contributed by atoms with E-state index in [1.165, 1.54) is 6.08 Å². The zero-order chi connectivity index (χ0) is 23.6. The lowest BCUT2D eigenvalue weighted by Gasteiger charge is -2.13. The van der Waals surface area contributed by atoms with Gasteiger partial charge >= 0.3 is 0 Å². The summed E-state index contributed by atoms with van der Waals surface area (Å²) in [4.78, 5) is 12.5. The maximum absolute atomic E-state index is 12.5. The normalized spacial score (nSPS) is 10.9. The molecule has 6 heteroatoms. The van der Waals surface area contributed by atoms with Crippen molar-refractivity contribution in [3.63, 3.8) is 0 Å². The molecule has 0 fully saturated rings. The number of carbonyl (C=O) groups is 1. The molecular weight excluding hydrogens is 418 g/mol. The number of amides is 1. The van der Waals surface area contributed by atoms with Gasteiger partial charge in [0.1, 0.15) is 5.75 Å². The molecule has 0 radical (unpaired) electrons. The molecule has 33 heavy (non-hydrogen) atoms. The van der Waals surface area contributed by atoms with Crippen molar-refractivity contribution in [1.82, 2.24) is 0 Å². The van der Waals surface area contributed by atoms with E-state index in [4.69, 9.17) is 18.9 Å². The molecule has 1 N–H and O–H groups in total. The summed E-state index contributed by atoms with van der Waals surface area (Å²) in [5.74, 6) is 2.09. The zero-order valence-electron chi connectivity index (χ0n) is 19.1. The third kappa shape index (κ3) is 6.17. The van der Waals surface area contributed by atoms with Crippen LogP contribution in [0.2, 0.25) is 0 Å². The molecule has 0 atom stereocenters. The van der Waals surface area contributed by atoms with Gasteiger partial charge in [-0.15, -0.1) is 0 Å². The van der Waals surface area contributed by atoms with Crippen molar-refractivity contribution >= 4 is 29.8 Å². The van der Waals surface area contributed by atoms with Crippen LogP contribution in [0, 0.1) is 0 Å². The van der Waals surface area contributed by atoms with Crippen LogP contribution in [0.15, 0.2) is 66.7 Å². The predicted octanol–water partition coefficient (Wildman–Crippen LogP) is 5.54. The van der Waals surface area contributed by atoms with Crippen LogP contribution in [0.3, 0.4) is 0 Å². The highest BCUT2D eigenvalue weighted by atomic mass is 16.5. The van der Waals surface area contributed by atoms with Crippen LogP contribution in [0.4, 0.5) is 5.69 Å². The lowest BCUT2D eigenvalue weighted by Crippen LogP contribution is -2.09. The molecule has 0 unspecified atom stereocenters. The minimum Gasteiger partial charge on any atom is -0.497 e. The molecule has 0 aliphatic heterocycles. The van der Waals surface area contributed by atoms with Gasteiger partial charge in [-0.2, -0.15) is 0 Å². The molecule has 0 bridgehead atoms. The molecule has 3 aromatic carbocycles. The number of nitrogens with one attached hydrogen (secondary N) is 1. The summed E-state index contributed by atoms with van der Waals surface area (Å²) in [7, 11) is 6.31. The number of ether oxygens (including phenoxy) is 4. The summed E-state index contributed by atoms with van der Waals surface area (Å²) in [5.41, 5.74) is 3.23. The van der Waals surface area contributed by atoms with Crippen molar-refractivity contribution in [2.45, 2.75) is 0 Å². The summed E-state index contributed by atoms with van der Waals surface area (Å²) in [6.07, 6.45) is 7.06. The first-order chi connectivity index (χ1) is 16.1. The van der Waals surface area contributed by atoms with Gasteiger partial charge in [-0.1, -0.05) is 42.5 Å². The van der Waals surface area contributed by atoms with E-state index in [1.807, 2.05) is 66.7 Å². The van der Waals surface area contributed by atoms with E-state index >= 15 is 0 Å². The molecule has 0 heterocycles. The quantitative estimate of drug-likeness (QED) is 0.346. The fourth-order valence-electron chi connectivity index (χ4n) is 3.21. The highest BCUT2D eigenvalue weighted by molar-refractivity contribution is 6.03. The Labute approximate surface area is 194 Å². The van der Waals surface area contributed by atoms with Gasteiger partial charge < -0.3 is 24.3 Å². The van der Waals surface area contributed by atoms with Crippen molar-refractivity contribution < 1.29 is 23.7 Å². The van der Waals surface area contributed by atoms with E-state index in [9.17, 15) is 4.79 Å². The Morgan fingerprint density at radius 3 is 2.03 bits per heavy atom. The van der Waals surface area contributed by atoms with Gasteiger partial charge in [0.15, 0.2) is 11.5 Å². The molecular formula is C27H27NO5. The van der Waals surface area contributed by atoms with Crippen molar-refractivity contribution in [2.75, 3.05) is 33.8 Å². The molecule has 0 spiro atoms. The Hall–Kier alpha value is -4.19. The van der Waals surface area contributed by atoms with E-state index < -0.39 is 0 Å². The van der Waals surface area contributed by atoms with Gasteiger partial charge in [-0.25, -0.2) is 0 Å². The Kier molecular flexibility index (Phi) is 8.13. The van der Waals surface area contributed by atoms with Crippen LogP contribution in [-0.2, 0) is 4.79 Å². The minimum absolute atomic E-state index is 0.230. The molecule has 1 amide bonds. The summed E-state index contributed by atoms with van der Waals surface area (Å²) in [6.45, 7) is 0. The maximum atomic E-state index is 12.5. The second-order valence-corrected chi connectivity index (χ2v) is 6.98. The summed E-state index contributed by atoms with van der Waals surface area (Å²) < 4.78 is 21.6. The number of benzene rings is 3. The summed E-state index contributed by atoms with van der Waals surface area (Å²) >= 11 is 0. The fourth-order valence-corrected chi connectivity index (χ4v) is 3.21. The van der Waals surface area contributed by atoms with E-state index in [2.05, 4.69) is 5.32 Å². The average molecular weight is 446 g/mol. The molecule has 0 aliphatic carbocycles. The third-order valence-corrected chi connectivity index (χ3v) is 4.89. The number of rotatable bonds is 9. The van der Waals surface area contributed by atoms with Gasteiger partial charge in [0.2, 0.25) is 11.7 Å². The first kappa shape index (κ1) is 23.5. The average Bonchev–Trinajstić information content (AvgIpc) is 2.86. The molecule has 3 aromatic rings. The van der Waals surface area contributed by atoms with Gasteiger partial charge in [0.05, 0.1) is 28.4 Å². The van der Waals surface area contributed by atoms with Gasteiger partial charge in [-0.3, -0.25) is 4.79 Å². The second-order valence-electron chi connectivity index (χ2n) is 6.98. The molecule has 0 saturated carbocycles. The van der Waals surface area contributed by atoms with Crippen LogP contribution < -0.4 is 24.3 Å². The van der Waals surface area contributed by atoms with Crippen LogP contribution in [0.1, 0.15) is 16.7 Å². The summed E-state index contributed by atoms with van der Waals surface area (Å²) in [6, 6.07) is 18.8. The highest BCUT2D eigenvalue weighted by Gasteiger charge is 2.12. The Balaban J connectivity index is 1.87. The Morgan fingerprint density at radius 1 is 0.727 bits per heavy atom. The predicted molar refractivity (Wildman–Crippen MR) is 132 cm³/mol. The molecule has 0 aromatic heterocycles. The van der Waals surface area contributed by atoms with Gasteiger partial charge in [0, 0.05) is 17.3 Å². The monoisotopic (exact) mass is 445 g/mol. The molecule has 0 aliphatic rings. The maximum Gasteiger partial charge on any atom is 0.248 e. The van der Waals surface area contributed by atoms with Crippen molar-refractivity contribution in [3.8, 4) is 23.0 Å². The number of anilines is 1. The smallest absolute Gasteiger partial charge is 0.248 e. The van der Waals surface area contributed by atoms with Crippen LogP contribution >= 0.6 is 0 Å². The minimum atomic E-state index is -0.230. The zero-order valence-corrected chi connectivity index (χ0v) is 19.1. The number of methoxy groups -OCH3 is 4. The van der Waals surface area contributed by atoms with E-state index in [1.54, 1.807) is 40.6 Å². The number of carbonyl (C=O) groups excluding carboxylic acids is 1. The van der Waals surface area contributed by atoms with Gasteiger partial charge in [0.25, 0.3) is 0 Å². The van der Waals surface area contributed by atoms with Crippen LogP contribution in [0.25, 0.3) is 18.2 Å². The van der Waals surface area contributed by atoms with E-state index in [0.717, 1.165) is 16.7 Å². The standard InChI is InChI=1S/C27H27NO5/c1-30-22-13-14-23(28-26(29)15-11-19-8-6-5-7-9-19)21(18-22)12-10-20-16-24(31-2)27(33-4)25(17-20)32-3/h5-18H,1-4H3,(H,28,29). The Bertz CT molecular complexity index is 1130. The third-order valence-electron chi connectivity index (χ3n) is 4.89. The lowest BCUT2D eigenvalue weighted by atomic mass is 10.1. The highest BCUT2D eigenvalue weighted by Crippen LogP contribution is 2.38. The van der Waals surface area contributed by atoms with Crippen molar-refractivity contribution in [1.29, 1.82) is 0 Å². The van der Waals surface area contributed by atoms with Crippen LogP contribution in [-0.4, -0.2) is 34.3 Å². The number of hydrogen-bond acceptors (Lipinski definition) is 5. The second kappa shape index (κ2) is 11.4. The lowest BCUT2D eigenvalue weighted by molar-refractivity contribution is -0.111. The summed E-state index contributed by atoms with van der Waals surface area (Å²) in [5, 5.41) is 2.93. The van der Waals surface area contributed by atoms with Crippen LogP contribution in [0.5, 0.6) is 23.0 Å². The number of hydrogen-bond donors (Lipinski definition) is 1. The Morgan fingerprint density at radius 2 is 1.42 bits per heavy atom. The molecule has 0 saturated heterocycles. The SMILES string of the molecule is COc1ccc(NC(=O)C=Cc2ccccc2)c(C=Cc2cc(OC)c(OC)c(OC)c2)c1. The van der Waals surface area contributed by atoms with Gasteiger partial charge in [-0.05, 0) is 47.5 Å². The first-order valence-electron chi connectivity index (χ1n) is 10.3. The topological polar surface area (TPSA) is 66.0 Å². The molecule has 170 valence electrons. The fraction of sp³-hybridized carbons (Fsp3) is 0.148. The molecule has 3 rings (SSSR count). The van der Waals surface area contributed by atoms with E-state index in [0.29, 0.717) is 28.7 Å². The molecule has 6 nitrogen and oxygen atoms in total. The van der Waals surface area contributed by atoms with Crippen molar-refractivity contribution in [2.24, 2.45) is 0 Å². The first-order valence-corrected chi connectivity index (χ1v) is 10.3.